The number of aromatic nitrogens is 2. The molecule has 1 saturated heterocycles. The lowest BCUT2D eigenvalue weighted by molar-refractivity contribution is -0.173. The third-order valence-corrected chi connectivity index (χ3v) is 12.5. The van der Waals surface area contributed by atoms with E-state index >= 15 is 0 Å². The fraction of sp³-hybridized carbons (Fsp3) is 0.413. The van der Waals surface area contributed by atoms with E-state index in [1.165, 1.54) is 10.8 Å². The molecule has 1 fully saturated rings. The number of aromatic amines is 1. The van der Waals surface area contributed by atoms with E-state index in [0.29, 0.717) is 11.5 Å². The highest BCUT2D eigenvalue weighted by atomic mass is 31.2. The van der Waals surface area contributed by atoms with Crippen molar-refractivity contribution in [2.45, 2.75) is 82.8 Å². The van der Waals surface area contributed by atoms with Crippen LogP contribution in [0.4, 0.5) is 13.2 Å². The average Bonchev–Trinajstić information content (AvgIpc) is 3.69. The number of nitriles is 1. The van der Waals surface area contributed by atoms with Crippen LogP contribution in [0, 0.1) is 11.3 Å². The third kappa shape index (κ3) is 12.9. The van der Waals surface area contributed by atoms with Crippen LogP contribution in [0.15, 0.2) is 101 Å². The van der Waals surface area contributed by atoms with Gasteiger partial charge in [0.15, 0.2) is 0 Å². The molecular formula is C46H54F3N6O10P. The van der Waals surface area contributed by atoms with Crippen LogP contribution in [0.25, 0.3) is 6.08 Å². The van der Waals surface area contributed by atoms with Crippen molar-refractivity contribution in [3.63, 3.8) is 0 Å². The van der Waals surface area contributed by atoms with E-state index in [4.69, 9.17) is 28.0 Å². The topological polar surface area (TPSA) is 195 Å². The number of hydrogen-bond acceptors (Lipinski definition) is 12. The summed E-state index contributed by atoms with van der Waals surface area (Å²) in [5.74, 6) is -1.67. The highest BCUT2D eigenvalue weighted by Gasteiger charge is 2.45. The molecule has 66 heavy (non-hydrogen) atoms. The number of halogens is 3. The van der Waals surface area contributed by atoms with E-state index in [0.717, 1.165) is 28.8 Å². The van der Waals surface area contributed by atoms with Crippen molar-refractivity contribution >= 4 is 26.4 Å². The van der Waals surface area contributed by atoms with Gasteiger partial charge in [0.2, 0.25) is 5.91 Å². The first-order valence-corrected chi connectivity index (χ1v) is 22.2. The standard InChI is InChI=1S/C46H54F3N6O10P/c1-30(2)55(31(3)4)66(63-26-10-23-50)65-38-27-41(54-28-32(42(57)53-44(54)59)13-22-40(56)51-24-25-52-43(58)46(47,48)49)64-39(38)29-62-45(33-11-8-7-9-12-33,34-14-18-36(60-5)19-15-34)35-16-20-37(61-6)21-17-35/h7-9,11-22,28,30-31,38-39,41H,10,24-27,29H2,1-6H3,(H,51,56)(H,52,58)(H,53,57,59)/b22-13+/t38-,39+,41+,66?/m0/s1. The van der Waals surface area contributed by atoms with E-state index < -0.39 is 68.3 Å². The van der Waals surface area contributed by atoms with E-state index in [1.807, 2.05) is 107 Å². The molecule has 0 aliphatic carbocycles. The number of nitrogens with zero attached hydrogens (tertiary/aromatic N) is 3. The Morgan fingerprint density at radius 2 is 1.50 bits per heavy atom. The number of alkyl halides is 3. The molecule has 16 nitrogen and oxygen atoms in total. The number of benzene rings is 3. The van der Waals surface area contributed by atoms with Crippen LogP contribution < -0.4 is 31.4 Å². The van der Waals surface area contributed by atoms with Crippen molar-refractivity contribution in [3.05, 3.63) is 134 Å². The maximum Gasteiger partial charge on any atom is 0.471 e. The summed E-state index contributed by atoms with van der Waals surface area (Å²) < 4.78 is 78.8. The Kier molecular flexibility index (Phi) is 18.2. The van der Waals surface area contributed by atoms with Crippen LogP contribution in [0.5, 0.6) is 11.5 Å². The van der Waals surface area contributed by atoms with E-state index in [1.54, 1.807) is 19.5 Å². The molecule has 4 atom stereocenters. The molecule has 1 aliphatic heterocycles. The van der Waals surface area contributed by atoms with Crippen molar-refractivity contribution in [2.75, 3.05) is 40.5 Å². The Bertz CT molecular complexity index is 2350. The number of methoxy groups -OCH3 is 2. The molecule has 0 saturated carbocycles. The number of amides is 2. The molecule has 354 valence electrons. The molecule has 0 spiro atoms. The van der Waals surface area contributed by atoms with Gasteiger partial charge in [0.1, 0.15) is 29.4 Å². The maximum absolute atomic E-state index is 13.5. The summed E-state index contributed by atoms with van der Waals surface area (Å²) in [4.78, 5) is 52.4. The second-order valence-corrected chi connectivity index (χ2v) is 16.9. The first-order chi connectivity index (χ1) is 31.5. The van der Waals surface area contributed by atoms with Gasteiger partial charge in [-0.05, 0) is 74.7 Å². The minimum Gasteiger partial charge on any atom is -0.497 e. The molecule has 4 aromatic rings. The van der Waals surface area contributed by atoms with Gasteiger partial charge in [-0.3, -0.25) is 23.9 Å². The zero-order valence-electron chi connectivity index (χ0n) is 37.4. The van der Waals surface area contributed by atoms with Gasteiger partial charge >= 0.3 is 17.8 Å². The lowest BCUT2D eigenvalue weighted by Gasteiger charge is -2.39. The van der Waals surface area contributed by atoms with Crippen molar-refractivity contribution in [3.8, 4) is 17.6 Å². The molecule has 5 rings (SSSR count). The number of carbonyl (C=O) groups excluding carboxylic acids is 2. The summed E-state index contributed by atoms with van der Waals surface area (Å²) in [6, 6.07) is 26.6. The number of hydrogen-bond donors (Lipinski definition) is 3. The smallest absolute Gasteiger partial charge is 0.471 e. The molecule has 0 radical (unpaired) electrons. The summed E-state index contributed by atoms with van der Waals surface area (Å²) in [5, 5.41) is 13.3. The monoisotopic (exact) mass is 938 g/mol. The van der Waals surface area contributed by atoms with Crippen molar-refractivity contribution in [2.24, 2.45) is 0 Å². The average molecular weight is 939 g/mol. The van der Waals surface area contributed by atoms with Crippen LogP contribution in [-0.2, 0) is 33.7 Å². The van der Waals surface area contributed by atoms with Gasteiger partial charge in [0, 0.05) is 43.9 Å². The molecule has 2 heterocycles. The predicted molar refractivity (Wildman–Crippen MR) is 239 cm³/mol. The molecular weight excluding hydrogens is 885 g/mol. The van der Waals surface area contributed by atoms with Gasteiger partial charge in [0.05, 0.1) is 51.6 Å². The Morgan fingerprint density at radius 1 is 0.924 bits per heavy atom. The molecule has 0 bridgehead atoms. The molecule has 3 N–H and O–H groups in total. The number of rotatable bonds is 22. The van der Waals surface area contributed by atoms with Gasteiger partial charge in [-0.15, -0.1) is 0 Å². The Morgan fingerprint density at radius 3 is 2.05 bits per heavy atom. The van der Waals surface area contributed by atoms with Crippen LogP contribution >= 0.6 is 8.53 Å². The lowest BCUT2D eigenvalue weighted by Crippen LogP contribution is -2.40. The minimum atomic E-state index is -5.07. The van der Waals surface area contributed by atoms with E-state index in [2.05, 4.69) is 21.0 Å². The number of H-pyrrole nitrogens is 1. The van der Waals surface area contributed by atoms with E-state index in [-0.39, 0.29) is 50.2 Å². The molecule has 2 amide bonds. The summed E-state index contributed by atoms with van der Waals surface area (Å²) in [7, 11) is 1.32. The minimum absolute atomic E-state index is 0.0473. The van der Waals surface area contributed by atoms with Gasteiger partial charge in [-0.2, -0.15) is 18.4 Å². The predicted octanol–water partition coefficient (Wildman–Crippen LogP) is 6.32. The summed E-state index contributed by atoms with van der Waals surface area (Å²) in [5.41, 5.74) is -0.741. The SMILES string of the molecule is COc1ccc(C(OC[C@H]2O[C@@H](n3cc(/C=C/C(=O)NCCNC(=O)C(F)(F)F)c(=O)[nH]c3=O)C[C@@H]2OP(OCCC#N)N(C(C)C)C(C)C)(c2ccccc2)c2ccc(OC)cc2)cc1. The third-order valence-electron chi connectivity index (χ3n) is 10.4. The largest absolute Gasteiger partial charge is 0.497 e. The molecule has 1 aromatic heterocycles. The molecule has 1 unspecified atom stereocenters. The van der Waals surface area contributed by atoms with Crippen LogP contribution in [-0.4, -0.2) is 97.0 Å². The second kappa shape index (κ2) is 23.5. The summed E-state index contributed by atoms with van der Waals surface area (Å²) in [6.07, 6.45) is -4.33. The molecule has 1 aliphatic rings. The summed E-state index contributed by atoms with van der Waals surface area (Å²) in [6.45, 7) is 7.14. The van der Waals surface area contributed by atoms with Gasteiger partial charge < -0.3 is 38.6 Å². The number of carbonyl (C=O) groups is 2. The molecule has 20 heteroatoms. The van der Waals surface area contributed by atoms with Crippen molar-refractivity contribution in [1.29, 1.82) is 5.26 Å². The fourth-order valence-corrected chi connectivity index (χ4v) is 9.10. The van der Waals surface area contributed by atoms with Gasteiger partial charge in [-0.1, -0.05) is 54.6 Å². The van der Waals surface area contributed by atoms with E-state index in [9.17, 15) is 37.6 Å². The van der Waals surface area contributed by atoms with Gasteiger partial charge in [0.25, 0.3) is 14.1 Å². The zero-order valence-corrected chi connectivity index (χ0v) is 38.3. The van der Waals surface area contributed by atoms with Crippen LogP contribution in [0.3, 0.4) is 0 Å². The lowest BCUT2D eigenvalue weighted by atomic mass is 9.80. The normalized spacial score (nSPS) is 17.0. The van der Waals surface area contributed by atoms with Crippen LogP contribution in [0.2, 0.25) is 0 Å². The highest BCUT2D eigenvalue weighted by Crippen LogP contribution is 2.50. The highest BCUT2D eigenvalue weighted by molar-refractivity contribution is 7.44. The Balaban J connectivity index is 1.54. The Hall–Kier alpha value is -5.87. The zero-order chi connectivity index (χ0) is 48.0. The van der Waals surface area contributed by atoms with Crippen molar-refractivity contribution in [1.82, 2.24) is 24.9 Å². The maximum atomic E-state index is 13.5. The first-order valence-electron chi connectivity index (χ1n) is 21.1. The quantitative estimate of drug-likeness (QED) is 0.0344. The Labute approximate surface area is 381 Å². The second-order valence-electron chi connectivity index (χ2n) is 15.5. The summed E-state index contributed by atoms with van der Waals surface area (Å²) >= 11 is 0. The first kappa shape index (κ1) is 51.1. The van der Waals surface area contributed by atoms with Gasteiger partial charge in [-0.25, -0.2) is 9.46 Å². The number of nitrogens with one attached hydrogen (secondary N) is 3. The van der Waals surface area contributed by atoms with Crippen molar-refractivity contribution < 1.29 is 50.8 Å². The fourth-order valence-electron chi connectivity index (χ4n) is 7.34. The molecule has 3 aromatic carbocycles. The number of ether oxygens (including phenoxy) is 4. The van der Waals surface area contributed by atoms with Crippen LogP contribution in [0.1, 0.15) is 69.0 Å².